The highest BCUT2D eigenvalue weighted by Gasteiger charge is 2.10. The number of aromatic hydroxyl groups is 4. The second-order valence-corrected chi connectivity index (χ2v) is 2.82. The Kier molecular flexibility index (Phi) is 2.16. The zero-order valence-electron chi connectivity index (χ0n) is 7.73. The highest BCUT2D eigenvalue weighted by molar-refractivity contribution is 5.52. The summed E-state index contributed by atoms with van der Waals surface area (Å²) in [5.74, 6) is -1.54. The second kappa shape index (κ2) is 3.50. The predicted molar refractivity (Wildman–Crippen MR) is 49.7 cm³/mol. The van der Waals surface area contributed by atoms with Crippen LogP contribution in [0.25, 0.3) is 11.5 Å². The summed E-state index contributed by atoms with van der Waals surface area (Å²) in [4.78, 5) is 13.9. The molecular weight excluding hydrogens is 216 g/mol. The molecule has 2 aromatic rings. The Bertz CT molecular complexity index is 456. The van der Waals surface area contributed by atoms with Gasteiger partial charge in [0.2, 0.25) is 17.6 Å². The summed E-state index contributed by atoms with van der Waals surface area (Å²) < 4.78 is 0. The summed E-state index contributed by atoms with van der Waals surface area (Å²) >= 11 is 0. The first kappa shape index (κ1) is 9.90. The lowest BCUT2D eigenvalue weighted by Gasteiger charge is -2.01. The molecular formula is C8H6N4O4. The Hall–Kier alpha value is -2.64. The number of nitrogens with zero attached hydrogens (tertiary/aromatic N) is 4. The molecule has 0 unspecified atom stereocenters. The summed E-state index contributed by atoms with van der Waals surface area (Å²) in [6.07, 6.45) is 0. The van der Waals surface area contributed by atoms with Crippen LogP contribution in [0.15, 0.2) is 12.1 Å². The van der Waals surface area contributed by atoms with Gasteiger partial charge in [-0.25, -0.2) is 0 Å². The molecule has 0 saturated heterocycles. The van der Waals surface area contributed by atoms with E-state index in [1.165, 1.54) is 0 Å². The zero-order valence-corrected chi connectivity index (χ0v) is 7.73. The van der Waals surface area contributed by atoms with Gasteiger partial charge < -0.3 is 20.4 Å². The Morgan fingerprint density at radius 3 is 1.81 bits per heavy atom. The molecule has 16 heavy (non-hydrogen) atoms. The predicted octanol–water partition coefficient (Wildman–Crippen LogP) is -0.244. The Morgan fingerprint density at radius 1 is 0.688 bits per heavy atom. The van der Waals surface area contributed by atoms with Gasteiger partial charge in [0.15, 0.2) is 5.82 Å². The zero-order chi connectivity index (χ0) is 11.7. The SMILES string of the molecule is Oc1cc(-c2nc(O)cc(O)n2)nc(O)n1. The largest absolute Gasteiger partial charge is 0.493 e. The lowest BCUT2D eigenvalue weighted by molar-refractivity contribution is 0.397. The molecule has 0 radical (unpaired) electrons. The first-order valence-corrected chi connectivity index (χ1v) is 4.09. The van der Waals surface area contributed by atoms with Crippen LogP contribution in [0.3, 0.4) is 0 Å². The van der Waals surface area contributed by atoms with Gasteiger partial charge in [0.25, 0.3) is 0 Å². The van der Waals surface area contributed by atoms with Crippen molar-refractivity contribution in [2.75, 3.05) is 0 Å². The minimum absolute atomic E-state index is 0.0313. The molecule has 82 valence electrons. The van der Waals surface area contributed by atoms with Gasteiger partial charge in [-0.2, -0.15) is 19.9 Å². The van der Waals surface area contributed by atoms with Gasteiger partial charge in [-0.3, -0.25) is 0 Å². The highest BCUT2D eigenvalue weighted by atomic mass is 16.3. The van der Waals surface area contributed by atoms with E-state index in [-0.39, 0.29) is 11.5 Å². The van der Waals surface area contributed by atoms with Crippen molar-refractivity contribution in [2.45, 2.75) is 0 Å². The molecule has 0 spiro atoms. The fraction of sp³-hybridized carbons (Fsp3) is 0. The molecule has 0 saturated carbocycles. The number of hydrogen-bond acceptors (Lipinski definition) is 8. The summed E-state index contributed by atoms with van der Waals surface area (Å²) in [6.45, 7) is 0. The van der Waals surface area contributed by atoms with E-state index in [1.807, 2.05) is 0 Å². The van der Waals surface area contributed by atoms with Crippen LogP contribution in [0, 0.1) is 0 Å². The van der Waals surface area contributed by atoms with Gasteiger partial charge in [0.1, 0.15) is 5.69 Å². The van der Waals surface area contributed by atoms with Gasteiger partial charge >= 0.3 is 6.01 Å². The Morgan fingerprint density at radius 2 is 1.25 bits per heavy atom. The first-order chi connectivity index (χ1) is 7.54. The molecule has 2 rings (SSSR count). The van der Waals surface area contributed by atoms with Crippen LogP contribution in [-0.2, 0) is 0 Å². The summed E-state index contributed by atoms with van der Waals surface area (Å²) in [6, 6.07) is 1.35. The van der Waals surface area contributed by atoms with Gasteiger partial charge in [0.05, 0.1) is 6.07 Å². The van der Waals surface area contributed by atoms with E-state index >= 15 is 0 Å². The molecule has 0 aliphatic rings. The van der Waals surface area contributed by atoms with Gasteiger partial charge in [-0.1, -0.05) is 0 Å². The topological polar surface area (TPSA) is 132 Å². The fourth-order valence-electron chi connectivity index (χ4n) is 1.07. The molecule has 2 aromatic heterocycles. The van der Waals surface area contributed by atoms with Crippen molar-refractivity contribution in [1.29, 1.82) is 0 Å². The molecule has 0 amide bonds. The van der Waals surface area contributed by atoms with Crippen molar-refractivity contribution in [2.24, 2.45) is 0 Å². The molecule has 0 aromatic carbocycles. The van der Waals surface area contributed by atoms with Gasteiger partial charge in [-0.05, 0) is 0 Å². The van der Waals surface area contributed by atoms with Crippen LogP contribution in [-0.4, -0.2) is 40.4 Å². The van der Waals surface area contributed by atoms with E-state index in [2.05, 4.69) is 19.9 Å². The maximum Gasteiger partial charge on any atom is 0.317 e. The minimum atomic E-state index is -0.665. The van der Waals surface area contributed by atoms with Crippen molar-refractivity contribution in [3.8, 4) is 35.2 Å². The van der Waals surface area contributed by atoms with Crippen LogP contribution in [0.5, 0.6) is 23.7 Å². The average Bonchev–Trinajstić information content (AvgIpc) is 2.14. The van der Waals surface area contributed by atoms with Crippen LogP contribution in [0.2, 0.25) is 0 Å². The summed E-state index contributed by atoms with van der Waals surface area (Å²) in [7, 11) is 0. The third-order valence-electron chi connectivity index (χ3n) is 1.63. The summed E-state index contributed by atoms with van der Waals surface area (Å²) in [5.41, 5.74) is -0.0313. The Labute approximate surface area is 88.5 Å². The van der Waals surface area contributed by atoms with E-state index in [1.54, 1.807) is 0 Å². The maximum atomic E-state index is 9.11. The molecule has 0 atom stereocenters. The molecule has 8 heteroatoms. The van der Waals surface area contributed by atoms with E-state index in [9.17, 15) is 0 Å². The van der Waals surface area contributed by atoms with E-state index < -0.39 is 23.7 Å². The number of aromatic nitrogens is 4. The van der Waals surface area contributed by atoms with Crippen molar-refractivity contribution >= 4 is 0 Å². The van der Waals surface area contributed by atoms with Crippen LogP contribution in [0.1, 0.15) is 0 Å². The smallest absolute Gasteiger partial charge is 0.317 e. The van der Waals surface area contributed by atoms with Crippen molar-refractivity contribution < 1.29 is 20.4 Å². The van der Waals surface area contributed by atoms with Crippen molar-refractivity contribution in [1.82, 2.24) is 19.9 Å². The van der Waals surface area contributed by atoms with Crippen molar-refractivity contribution in [3.63, 3.8) is 0 Å². The lowest BCUT2D eigenvalue weighted by atomic mass is 10.3. The fourth-order valence-corrected chi connectivity index (χ4v) is 1.07. The van der Waals surface area contributed by atoms with Crippen LogP contribution < -0.4 is 0 Å². The average molecular weight is 222 g/mol. The van der Waals surface area contributed by atoms with E-state index in [4.69, 9.17) is 20.4 Å². The summed E-state index contributed by atoms with van der Waals surface area (Å²) in [5, 5.41) is 36.4. The van der Waals surface area contributed by atoms with E-state index in [0.717, 1.165) is 12.1 Å². The van der Waals surface area contributed by atoms with E-state index in [0.29, 0.717) is 0 Å². The monoisotopic (exact) mass is 222 g/mol. The normalized spacial score (nSPS) is 10.2. The first-order valence-electron chi connectivity index (χ1n) is 4.09. The molecule has 0 fully saturated rings. The second-order valence-electron chi connectivity index (χ2n) is 2.82. The third-order valence-corrected chi connectivity index (χ3v) is 1.63. The van der Waals surface area contributed by atoms with Gasteiger partial charge in [0, 0.05) is 6.07 Å². The highest BCUT2D eigenvalue weighted by Crippen LogP contribution is 2.22. The molecule has 8 nitrogen and oxygen atoms in total. The maximum absolute atomic E-state index is 9.11. The number of rotatable bonds is 1. The molecule has 0 aliphatic heterocycles. The minimum Gasteiger partial charge on any atom is -0.493 e. The quantitative estimate of drug-likeness (QED) is 0.519. The van der Waals surface area contributed by atoms with Crippen molar-refractivity contribution in [3.05, 3.63) is 12.1 Å². The Balaban J connectivity index is 2.57. The van der Waals surface area contributed by atoms with Gasteiger partial charge in [-0.15, -0.1) is 0 Å². The van der Waals surface area contributed by atoms with Crippen LogP contribution in [0.4, 0.5) is 0 Å². The third kappa shape index (κ3) is 1.90. The standard InChI is InChI=1S/C8H6N4O4/c13-4-1-3(9-8(16)12-4)7-10-5(14)2-6(15)11-7/h1-2H,(H2,9,12,13,16)(H2,10,11,14,15). The van der Waals surface area contributed by atoms with Crippen LogP contribution >= 0.6 is 0 Å². The molecule has 0 aliphatic carbocycles. The molecule has 0 bridgehead atoms. The lowest BCUT2D eigenvalue weighted by Crippen LogP contribution is -1.93. The molecule has 2 heterocycles. The molecule has 4 N–H and O–H groups in total. The number of hydrogen-bond donors (Lipinski definition) is 4.